The fourth-order valence-corrected chi connectivity index (χ4v) is 4.45. The summed E-state index contributed by atoms with van der Waals surface area (Å²) in [6.07, 6.45) is 5.11. The van der Waals surface area contributed by atoms with Gasteiger partial charge in [0.05, 0.1) is 41.6 Å². The van der Waals surface area contributed by atoms with Crippen molar-refractivity contribution in [1.82, 2.24) is 24.6 Å². The van der Waals surface area contributed by atoms with E-state index in [0.717, 1.165) is 33.2 Å². The maximum atomic E-state index is 11.8. The lowest BCUT2D eigenvalue weighted by molar-refractivity contribution is 0.0534. The monoisotopic (exact) mass is 454 g/mol. The molecule has 0 saturated heterocycles. The van der Waals surface area contributed by atoms with Crippen LogP contribution in [0, 0.1) is 18.3 Å². The molecule has 2 aromatic carbocycles. The number of rotatable bonds is 6. The number of esters is 1. The number of likely N-dealkylation sites (N-methyl/N-ethyl adjacent to an activating group) is 1. The number of carbonyl (C=O) groups excluding carboxylic acids is 1. The summed E-state index contributed by atoms with van der Waals surface area (Å²) in [5.41, 5.74) is 5.58. The van der Waals surface area contributed by atoms with E-state index in [1.165, 1.54) is 0 Å². The second kappa shape index (κ2) is 8.67. The minimum atomic E-state index is -0.301. The Labute approximate surface area is 195 Å². The first-order valence-corrected chi connectivity index (χ1v) is 10.8. The van der Waals surface area contributed by atoms with Crippen molar-refractivity contribution in [3.05, 3.63) is 82.3 Å². The van der Waals surface area contributed by atoms with Crippen LogP contribution >= 0.6 is 0 Å². The average Bonchev–Trinajstić information content (AvgIpc) is 3.45. The molecule has 0 radical (unpaired) electrons. The summed E-state index contributed by atoms with van der Waals surface area (Å²) >= 11 is 0. The van der Waals surface area contributed by atoms with Crippen molar-refractivity contribution in [2.24, 2.45) is 0 Å². The van der Waals surface area contributed by atoms with Crippen LogP contribution in [-0.4, -0.2) is 49.4 Å². The quantitative estimate of drug-likeness (QED) is 0.442. The molecule has 0 amide bonds. The highest BCUT2D eigenvalue weighted by atomic mass is 16.5. The van der Waals surface area contributed by atoms with Gasteiger partial charge in [-0.1, -0.05) is 12.1 Å². The van der Waals surface area contributed by atoms with Gasteiger partial charge in [0.15, 0.2) is 0 Å². The summed E-state index contributed by atoms with van der Waals surface area (Å²) < 4.78 is 6.76. The fraction of sp³-hybridized carbons (Fsp3) is 0.240. The summed E-state index contributed by atoms with van der Waals surface area (Å²) in [7, 11) is 1.92. The second-order valence-electron chi connectivity index (χ2n) is 8.29. The van der Waals surface area contributed by atoms with E-state index in [4.69, 9.17) is 4.74 Å². The number of ether oxygens (including phenoxy) is 1. The number of cyclic esters (lactones) is 1. The molecule has 34 heavy (non-hydrogen) atoms. The number of aliphatic hydroxyl groups excluding tert-OH is 1. The Balaban J connectivity index is 1.37. The summed E-state index contributed by atoms with van der Waals surface area (Å²) in [6.45, 7) is 2.65. The highest BCUT2D eigenvalue weighted by Gasteiger charge is 2.27. The zero-order valence-corrected chi connectivity index (χ0v) is 18.8. The topological polar surface area (TPSA) is 117 Å². The standard InChI is InChI=1S/C25H22N6O3/c1-15-18(6-7-19-21(15)14-34-24(19)33)23(13-32)30(2)12-16-9-27-25(28-10-16)31-22-5-3-4-17(8-26)20(22)11-29-31/h3-7,9-11,23,32H,12-14H2,1-2H3. The van der Waals surface area contributed by atoms with E-state index in [9.17, 15) is 15.2 Å². The maximum Gasteiger partial charge on any atom is 0.338 e. The summed E-state index contributed by atoms with van der Waals surface area (Å²) in [4.78, 5) is 22.8. The zero-order chi connectivity index (χ0) is 23.8. The van der Waals surface area contributed by atoms with Crippen LogP contribution in [0.1, 0.15) is 44.2 Å². The molecule has 9 heteroatoms. The number of aromatic nitrogens is 4. The second-order valence-corrected chi connectivity index (χ2v) is 8.29. The van der Waals surface area contributed by atoms with Gasteiger partial charge in [-0.05, 0) is 43.3 Å². The molecule has 1 N–H and O–H groups in total. The molecular weight excluding hydrogens is 432 g/mol. The Hall–Kier alpha value is -4.13. The van der Waals surface area contributed by atoms with Gasteiger partial charge in [-0.15, -0.1) is 0 Å². The maximum absolute atomic E-state index is 11.8. The molecule has 4 aromatic rings. The number of nitrogens with zero attached hydrogens (tertiary/aromatic N) is 6. The van der Waals surface area contributed by atoms with Crippen molar-refractivity contribution < 1.29 is 14.6 Å². The lowest BCUT2D eigenvalue weighted by Gasteiger charge is -2.28. The highest BCUT2D eigenvalue weighted by molar-refractivity contribution is 5.94. The summed E-state index contributed by atoms with van der Waals surface area (Å²) in [5.74, 6) is 0.110. The number of fused-ring (bicyclic) bond motifs is 2. The van der Waals surface area contributed by atoms with E-state index in [1.54, 1.807) is 41.5 Å². The van der Waals surface area contributed by atoms with Gasteiger partial charge in [0.25, 0.3) is 5.95 Å². The largest absolute Gasteiger partial charge is 0.457 e. The lowest BCUT2D eigenvalue weighted by atomic mass is 9.93. The van der Waals surface area contributed by atoms with Crippen LogP contribution in [0.25, 0.3) is 16.9 Å². The molecular formula is C25H22N6O3. The normalized spacial score (nSPS) is 13.7. The molecule has 3 heterocycles. The number of benzene rings is 2. The van der Waals surface area contributed by atoms with Gasteiger partial charge in [-0.2, -0.15) is 15.0 Å². The van der Waals surface area contributed by atoms with Crippen molar-refractivity contribution in [3.63, 3.8) is 0 Å². The van der Waals surface area contributed by atoms with Crippen molar-refractivity contribution in [2.45, 2.75) is 26.1 Å². The van der Waals surface area contributed by atoms with E-state index in [-0.39, 0.29) is 25.2 Å². The number of carbonyl (C=O) groups is 1. The number of aliphatic hydroxyl groups is 1. The van der Waals surface area contributed by atoms with Gasteiger partial charge in [0.1, 0.15) is 6.61 Å². The Morgan fingerprint density at radius 1 is 1.24 bits per heavy atom. The van der Waals surface area contributed by atoms with Crippen LogP contribution in [-0.2, 0) is 17.9 Å². The summed E-state index contributed by atoms with van der Waals surface area (Å²) in [6, 6.07) is 11.0. The van der Waals surface area contributed by atoms with E-state index in [0.29, 0.717) is 23.6 Å². The van der Waals surface area contributed by atoms with Crippen LogP contribution in [0.2, 0.25) is 0 Å². The van der Waals surface area contributed by atoms with Crippen molar-refractivity contribution in [3.8, 4) is 12.0 Å². The summed E-state index contributed by atoms with van der Waals surface area (Å²) in [5, 5.41) is 24.6. The Morgan fingerprint density at radius 3 is 2.76 bits per heavy atom. The van der Waals surface area contributed by atoms with E-state index < -0.39 is 0 Å². The molecule has 5 rings (SSSR count). The first-order valence-electron chi connectivity index (χ1n) is 10.8. The van der Waals surface area contributed by atoms with Crippen molar-refractivity contribution >= 4 is 16.9 Å². The van der Waals surface area contributed by atoms with Crippen LogP contribution in [0.3, 0.4) is 0 Å². The minimum Gasteiger partial charge on any atom is -0.457 e. The Bertz CT molecular complexity index is 1440. The molecule has 1 aliphatic rings. The first kappa shape index (κ1) is 21.7. The zero-order valence-electron chi connectivity index (χ0n) is 18.8. The lowest BCUT2D eigenvalue weighted by Crippen LogP contribution is -2.28. The van der Waals surface area contributed by atoms with Gasteiger partial charge < -0.3 is 9.84 Å². The predicted molar refractivity (Wildman–Crippen MR) is 123 cm³/mol. The highest BCUT2D eigenvalue weighted by Crippen LogP contribution is 2.31. The van der Waals surface area contributed by atoms with Crippen LogP contribution in [0.15, 0.2) is 48.9 Å². The minimum absolute atomic E-state index is 0.0790. The van der Waals surface area contributed by atoms with E-state index in [2.05, 4.69) is 21.1 Å². The molecule has 1 atom stereocenters. The third-order valence-electron chi connectivity index (χ3n) is 6.32. The third kappa shape index (κ3) is 3.59. The predicted octanol–water partition coefficient (Wildman–Crippen LogP) is 2.83. The fourth-order valence-electron chi connectivity index (χ4n) is 4.45. The molecule has 0 spiro atoms. The molecule has 0 saturated carbocycles. The molecule has 1 aliphatic heterocycles. The Kier molecular flexibility index (Phi) is 5.53. The molecule has 0 fully saturated rings. The van der Waals surface area contributed by atoms with Gasteiger partial charge in [-0.3, -0.25) is 4.90 Å². The molecule has 2 aromatic heterocycles. The van der Waals surface area contributed by atoms with Gasteiger partial charge >= 0.3 is 5.97 Å². The van der Waals surface area contributed by atoms with Crippen LogP contribution in [0.4, 0.5) is 0 Å². The Morgan fingerprint density at radius 2 is 2.03 bits per heavy atom. The SMILES string of the molecule is Cc1c(C(CO)N(C)Cc2cnc(-n3ncc4c(C#N)cccc43)nc2)ccc2c1COC2=O. The number of hydrogen-bond donors (Lipinski definition) is 1. The molecule has 170 valence electrons. The van der Waals surface area contributed by atoms with E-state index >= 15 is 0 Å². The molecule has 1 unspecified atom stereocenters. The first-order chi connectivity index (χ1) is 16.5. The molecule has 0 aliphatic carbocycles. The van der Waals surface area contributed by atoms with E-state index in [1.807, 2.05) is 31.0 Å². The van der Waals surface area contributed by atoms with Gasteiger partial charge in [0.2, 0.25) is 0 Å². The number of hydrogen-bond acceptors (Lipinski definition) is 8. The average molecular weight is 454 g/mol. The molecule has 0 bridgehead atoms. The van der Waals surface area contributed by atoms with Crippen molar-refractivity contribution in [2.75, 3.05) is 13.7 Å². The van der Waals surface area contributed by atoms with Crippen LogP contribution < -0.4 is 0 Å². The van der Waals surface area contributed by atoms with Crippen LogP contribution in [0.5, 0.6) is 0 Å². The van der Waals surface area contributed by atoms with Gasteiger partial charge in [-0.25, -0.2) is 14.8 Å². The molecule has 9 nitrogen and oxygen atoms in total. The smallest absolute Gasteiger partial charge is 0.338 e. The van der Waals surface area contributed by atoms with Crippen molar-refractivity contribution in [1.29, 1.82) is 5.26 Å². The third-order valence-corrected chi connectivity index (χ3v) is 6.32. The number of nitriles is 1. The van der Waals surface area contributed by atoms with Gasteiger partial charge in [0, 0.05) is 35.5 Å².